The highest BCUT2D eigenvalue weighted by Crippen LogP contribution is 2.16. The summed E-state index contributed by atoms with van der Waals surface area (Å²) in [4.78, 5) is 11.4. The number of carbonyl (C=O) groups is 1. The van der Waals surface area contributed by atoms with E-state index in [4.69, 9.17) is 34.0 Å². The van der Waals surface area contributed by atoms with Crippen molar-refractivity contribution < 1.29 is 27.2 Å². The van der Waals surface area contributed by atoms with Gasteiger partial charge in [0.2, 0.25) is 6.29 Å². The van der Waals surface area contributed by atoms with Crippen molar-refractivity contribution in [3.63, 3.8) is 0 Å². The quantitative estimate of drug-likeness (QED) is 0.508. The van der Waals surface area contributed by atoms with Crippen LogP contribution >= 0.6 is 22.3 Å². The fourth-order valence-corrected chi connectivity index (χ4v) is 1.30. The molecule has 106 valence electrons. The van der Waals surface area contributed by atoms with Crippen molar-refractivity contribution in [2.24, 2.45) is 0 Å². The van der Waals surface area contributed by atoms with Gasteiger partial charge in [0.05, 0.1) is 12.2 Å². The van der Waals surface area contributed by atoms with Crippen LogP contribution in [0.3, 0.4) is 0 Å². The number of hydrogen-bond acceptors (Lipinski definition) is 5. The van der Waals surface area contributed by atoms with Crippen LogP contribution in [0.5, 0.6) is 0 Å². The Morgan fingerprint density at radius 3 is 2.47 bits per heavy atom. The molecule has 1 N–H and O–H groups in total. The van der Waals surface area contributed by atoms with Gasteiger partial charge in [-0.2, -0.15) is 8.42 Å². The average Bonchev–Trinajstić information content (AvgIpc) is 2.21. The molecule has 1 atom stereocenters. The van der Waals surface area contributed by atoms with Gasteiger partial charge in [0.15, 0.2) is 0 Å². The van der Waals surface area contributed by atoms with Crippen LogP contribution in [0.2, 0.25) is 5.02 Å². The lowest BCUT2D eigenvalue weighted by Crippen LogP contribution is -2.31. The Hall–Kier alpha value is -0.860. The largest absolute Gasteiger partial charge is 0.432 e. The van der Waals surface area contributed by atoms with Gasteiger partial charge >= 0.3 is 15.3 Å². The van der Waals surface area contributed by atoms with Gasteiger partial charge in [0, 0.05) is 22.1 Å². The maximum atomic E-state index is 11.4. The molecule has 19 heavy (non-hydrogen) atoms. The lowest BCUT2D eigenvalue weighted by atomic mass is 10.2. The molecule has 9 heteroatoms. The standard InChI is InChI=1S/C10H9ClO3.ClHO3S/c11-8-3-1-2-7(6-8)10(12)14-9-4-5-13-9;1-5(2,3)4/h1-3,6,9H,4-5H2;(H,2,3,4). The van der Waals surface area contributed by atoms with Crippen LogP contribution in [0, 0.1) is 0 Å². The zero-order valence-corrected chi connectivity index (χ0v) is 11.8. The van der Waals surface area contributed by atoms with Crippen LogP contribution in [-0.2, 0) is 18.8 Å². The van der Waals surface area contributed by atoms with Crippen molar-refractivity contribution in [1.82, 2.24) is 0 Å². The number of esters is 1. The maximum Gasteiger partial charge on any atom is 0.353 e. The summed E-state index contributed by atoms with van der Waals surface area (Å²) in [6.45, 7) is 0.660. The van der Waals surface area contributed by atoms with Crippen LogP contribution in [0.1, 0.15) is 16.8 Å². The highest BCUT2D eigenvalue weighted by atomic mass is 35.7. The third-order valence-corrected chi connectivity index (χ3v) is 2.19. The van der Waals surface area contributed by atoms with E-state index in [1.54, 1.807) is 24.3 Å². The van der Waals surface area contributed by atoms with Crippen molar-refractivity contribution in [3.8, 4) is 0 Å². The lowest BCUT2D eigenvalue weighted by Gasteiger charge is -2.25. The molecule has 6 nitrogen and oxygen atoms in total. The number of carbonyl (C=O) groups excluding carboxylic acids is 1. The molecule has 0 aliphatic carbocycles. The first kappa shape index (κ1) is 16.2. The van der Waals surface area contributed by atoms with Gasteiger partial charge in [-0.1, -0.05) is 17.7 Å². The third-order valence-electron chi connectivity index (χ3n) is 1.96. The zero-order valence-electron chi connectivity index (χ0n) is 9.45. The molecule has 0 saturated carbocycles. The van der Waals surface area contributed by atoms with Crippen molar-refractivity contribution in [3.05, 3.63) is 34.9 Å². The summed E-state index contributed by atoms with van der Waals surface area (Å²) < 4.78 is 35.1. The number of halogens is 2. The van der Waals surface area contributed by atoms with Crippen LogP contribution in [-0.4, -0.2) is 31.8 Å². The first-order valence-corrected chi connectivity index (χ1v) is 7.65. The summed E-state index contributed by atoms with van der Waals surface area (Å²) in [5.74, 6) is -0.391. The van der Waals surface area contributed by atoms with Crippen molar-refractivity contribution in [1.29, 1.82) is 0 Å². The van der Waals surface area contributed by atoms with E-state index in [0.29, 0.717) is 17.2 Å². The normalized spacial score (nSPS) is 17.7. The molecule has 0 amide bonds. The van der Waals surface area contributed by atoms with Crippen molar-refractivity contribution in [2.45, 2.75) is 12.7 Å². The first-order chi connectivity index (χ1) is 8.75. The molecule has 1 aromatic rings. The smallest absolute Gasteiger partial charge is 0.353 e. The van der Waals surface area contributed by atoms with Crippen molar-refractivity contribution in [2.75, 3.05) is 6.61 Å². The topological polar surface area (TPSA) is 89.9 Å². The van der Waals surface area contributed by atoms with E-state index in [2.05, 4.69) is 10.7 Å². The second-order valence-electron chi connectivity index (χ2n) is 3.42. The molecule has 2 rings (SSSR count). The molecule has 1 aliphatic heterocycles. The molecular formula is C10H10Cl2O6S. The van der Waals surface area contributed by atoms with E-state index in [0.717, 1.165) is 6.42 Å². The summed E-state index contributed by atoms with van der Waals surface area (Å²) in [5, 5.41) is 0.522. The SMILES string of the molecule is O=C(OC1CCO1)c1cccc(Cl)c1.O=S(=O)(O)Cl. The number of rotatable bonds is 2. The maximum absolute atomic E-state index is 11.4. The van der Waals surface area contributed by atoms with E-state index in [-0.39, 0.29) is 6.29 Å². The van der Waals surface area contributed by atoms with E-state index < -0.39 is 15.3 Å². The number of benzene rings is 1. The fraction of sp³-hybridized carbons (Fsp3) is 0.300. The minimum Gasteiger partial charge on any atom is -0.432 e. The zero-order chi connectivity index (χ0) is 14.5. The van der Waals surface area contributed by atoms with E-state index in [1.165, 1.54) is 0 Å². The Labute approximate surface area is 119 Å². The molecule has 0 aromatic heterocycles. The van der Waals surface area contributed by atoms with Crippen LogP contribution in [0.15, 0.2) is 24.3 Å². The molecule has 1 unspecified atom stereocenters. The van der Waals surface area contributed by atoms with Gasteiger partial charge in [0.1, 0.15) is 0 Å². The summed E-state index contributed by atoms with van der Waals surface area (Å²) in [6.07, 6.45) is 0.397. The Morgan fingerprint density at radius 1 is 1.47 bits per heavy atom. The molecule has 1 aliphatic rings. The Kier molecular flexibility index (Phi) is 6.02. The van der Waals surface area contributed by atoms with Crippen molar-refractivity contribution >= 4 is 37.6 Å². The predicted molar refractivity (Wildman–Crippen MR) is 68.6 cm³/mol. The molecule has 0 bridgehead atoms. The Morgan fingerprint density at radius 2 is 2.05 bits per heavy atom. The lowest BCUT2D eigenvalue weighted by molar-refractivity contribution is -0.184. The molecular weight excluding hydrogens is 319 g/mol. The molecule has 1 fully saturated rings. The highest BCUT2D eigenvalue weighted by Gasteiger charge is 2.23. The van der Waals surface area contributed by atoms with Gasteiger partial charge in [-0.05, 0) is 18.2 Å². The number of hydrogen-bond donors (Lipinski definition) is 1. The minimum atomic E-state index is -4.19. The molecule has 1 heterocycles. The molecule has 0 spiro atoms. The monoisotopic (exact) mass is 328 g/mol. The second-order valence-corrected chi connectivity index (χ2v) is 5.85. The summed E-state index contributed by atoms with van der Waals surface area (Å²) >= 11 is 5.73. The van der Waals surface area contributed by atoms with Gasteiger partial charge in [-0.25, -0.2) is 4.79 Å². The van der Waals surface area contributed by atoms with E-state index in [9.17, 15) is 4.79 Å². The third kappa shape index (κ3) is 7.34. The van der Waals surface area contributed by atoms with Gasteiger partial charge < -0.3 is 9.47 Å². The predicted octanol–water partition coefficient (Wildman–Crippen LogP) is 2.27. The second kappa shape index (κ2) is 7.06. The first-order valence-electron chi connectivity index (χ1n) is 5.01. The summed E-state index contributed by atoms with van der Waals surface area (Å²) in [7, 11) is -0.137. The van der Waals surface area contributed by atoms with Gasteiger partial charge in [-0.3, -0.25) is 4.55 Å². The van der Waals surface area contributed by atoms with Crippen LogP contribution in [0.25, 0.3) is 0 Å². The molecule has 1 saturated heterocycles. The minimum absolute atomic E-state index is 0.374. The Bertz CT molecular complexity index is 533. The molecule has 1 aromatic carbocycles. The highest BCUT2D eigenvalue weighted by molar-refractivity contribution is 8.09. The Balaban J connectivity index is 0.000000312. The van der Waals surface area contributed by atoms with Gasteiger partial charge in [0.25, 0.3) is 0 Å². The summed E-state index contributed by atoms with van der Waals surface area (Å²) in [5.41, 5.74) is 0.452. The fourth-order valence-electron chi connectivity index (χ4n) is 1.11. The van der Waals surface area contributed by atoms with Gasteiger partial charge in [-0.15, -0.1) is 0 Å². The van der Waals surface area contributed by atoms with Crippen LogP contribution < -0.4 is 0 Å². The average molecular weight is 329 g/mol. The molecule has 0 radical (unpaired) electrons. The van der Waals surface area contributed by atoms with E-state index >= 15 is 0 Å². The van der Waals surface area contributed by atoms with E-state index in [1.807, 2.05) is 0 Å². The summed E-state index contributed by atoms with van der Waals surface area (Å²) in [6, 6.07) is 6.65. The number of ether oxygens (including phenoxy) is 2. The van der Waals surface area contributed by atoms with Crippen LogP contribution in [0.4, 0.5) is 0 Å².